The molecule has 2 aromatic rings. The van der Waals surface area contributed by atoms with Crippen LogP contribution >= 0.6 is 0 Å². The van der Waals surface area contributed by atoms with E-state index in [0.717, 1.165) is 46.8 Å². The van der Waals surface area contributed by atoms with Crippen molar-refractivity contribution in [2.75, 3.05) is 12.0 Å². The van der Waals surface area contributed by atoms with Crippen molar-refractivity contribution >= 4 is 17.6 Å². The van der Waals surface area contributed by atoms with Gasteiger partial charge in [-0.15, -0.1) is 0 Å². The smallest absolute Gasteiger partial charge is 0.355 e. The van der Waals surface area contributed by atoms with Gasteiger partial charge in [-0.05, 0) is 57.6 Å². The van der Waals surface area contributed by atoms with Gasteiger partial charge in [-0.25, -0.2) is 20.2 Å². The molecule has 7 heteroatoms. The molecule has 2 heterocycles. The molecular formula is C20H27N5O2. The second kappa shape index (κ2) is 7.13. The first-order valence-electron chi connectivity index (χ1n) is 9.24. The van der Waals surface area contributed by atoms with Crippen LogP contribution in [0.25, 0.3) is 0 Å². The summed E-state index contributed by atoms with van der Waals surface area (Å²) in [6, 6.07) is 1.92. The summed E-state index contributed by atoms with van der Waals surface area (Å²) in [5.41, 5.74) is 9.10. The molecular weight excluding hydrogens is 342 g/mol. The lowest BCUT2D eigenvalue weighted by atomic mass is 9.75. The molecule has 27 heavy (non-hydrogen) atoms. The first-order chi connectivity index (χ1) is 12.7. The first kappa shape index (κ1) is 19.1. The number of hydrogen-bond donors (Lipinski definition) is 2. The zero-order valence-electron chi connectivity index (χ0n) is 16.9. The second-order valence-corrected chi connectivity index (χ2v) is 7.86. The molecule has 0 saturated carbocycles. The van der Waals surface area contributed by atoms with Crippen LogP contribution in [0.2, 0.25) is 0 Å². The number of carbonyl (C=O) groups is 1. The van der Waals surface area contributed by atoms with Gasteiger partial charge in [0, 0.05) is 22.6 Å². The highest BCUT2D eigenvalue weighted by Crippen LogP contribution is 2.37. The molecule has 1 aliphatic carbocycles. The van der Waals surface area contributed by atoms with Crippen molar-refractivity contribution in [2.45, 2.75) is 54.4 Å². The van der Waals surface area contributed by atoms with Gasteiger partial charge in [-0.3, -0.25) is 0 Å². The number of fused-ring (bicyclic) bond motifs is 1. The van der Waals surface area contributed by atoms with Crippen molar-refractivity contribution in [1.29, 1.82) is 0 Å². The molecule has 0 radical (unpaired) electrons. The minimum Gasteiger partial charge on any atom is -0.461 e. The molecule has 0 fully saturated rings. The van der Waals surface area contributed by atoms with Crippen LogP contribution in [-0.2, 0) is 11.2 Å². The lowest BCUT2D eigenvalue weighted by molar-refractivity contribution is 0.0519. The van der Waals surface area contributed by atoms with Crippen LogP contribution in [0, 0.1) is 26.2 Å². The number of H-pyrrole nitrogens is 1. The Hall–Kier alpha value is -2.70. The molecule has 1 aliphatic rings. The molecule has 2 aromatic heterocycles. The van der Waals surface area contributed by atoms with Crippen LogP contribution in [0.1, 0.15) is 65.9 Å². The summed E-state index contributed by atoms with van der Waals surface area (Å²) in [6.07, 6.45) is 1.64. The van der Waals surface area contributed by atoms with Crippen LogP contribution < -0.4 is 5.43 Å². The van der Waals surface area contributed by atoms with Gasteiger partial charge in [0.1, 0.15) is 5.69 Å². The lowest BCUT2D eigenvalue weighted by Crippen LogP contribution is -2.28. The molecule has 3 rings (SSSR count). The third-order valence-corrected chi connectivity index (χ3v) is 4.67. The molecule has 0 aromatic carbocycles. The van der Waals surface area contributed by atoms with Gasteiger partial charge in [0.25, 0.3) is 0 Å². The van der Waals surface area contributed by atoms with E-state index in [-0.39, 0.29) is 11.4 Å². The Bertz CT molecular complexity index is 891. The summed E-state index contributed by atoms with van der Waals surface area (Å²) in [5, 5.41) is 4.62. The maximum Gasteiger partial charge on any atom is 0.355 e. The first-order valence-corrected chi connectivity index (χ1v) is 9.24. The van der Waals surface area contributed by atoms with Gasteiger partial charge in [-0.1, -0.05) is 13.8 Å². The number of nitrogens with one attached hydrogen (secondary N) is 2. The molecule has 0 amide bonds. The van der Waals surface area contributed by atoms with Crippen molar-refractivity contribution in [1.82, 2.24) is 15.0 Å². The Labute approximate surface area is 159 Å². The summed E-state index contributed by atoms with van der Waals surface area (Å²) in [4.78, 5) is 24.3. The molecule has 0 unspecified atom stereocenters. The highest BCUT2D eigenvalue weighted by molar-refractivity contribution is 6.07. The van der Waals surface area contributed by atoms with Gasteiger partial charge in [0.2, 0.25) is 5.95 Å². The molecule has 0 saturated heterocycles. The van der Waals surface area contributed by atoms with E-state index in [1.807, 2.05) is 26.8 Å². The summed E-state index contributed by atoms with van der Waals surface area (Å²) in [5.74, 6) is 0.149. The van der Waals surface area contributed by atoms with Gasteiger partial charge >= 0.3 is 5.97 Å². The summed E-state index contributed by atoms with van der Waals surface area (Å²) < 4.78 is 5.18. The number of anilines is 1. The number of hydrogen-bond acceptors (Lipinski definition) is 6. The van der Waals surface area contributed by atoms with Crippen molar-refractivity contribution in [3.05, 3.63) is 40.0 Å². The summed E-state index contributed by atoms with van der Waals surface area (Å²) in [6.45, 7) is 12.3. The third-order valence-electron chi connectivity index (χ3n) is 4.67. The van der Waals surface area contributed by atoms with Crippen LogP contribution in [0.5, 0.6) is 0 Å². The number of rotatable bonds is 4. The average Bonchev–Trinajstić information content (AvgIpc) is 2.87. The van der Waals surface area contributed by atoms with Crippen molar-refractivity contribution in [3.63, 3.8) is 0 Å². The van der Waals surface area contributed by atoms with Gasteiger partial charge < -0.3 is 9.72 Å². The number of aryl methyl sites for hydroxylation is 2. The highest BCUT2D eigenvalue weighted by atomic mass is 16.5. The number of ether oxygens (including phenoxy) is 1. The number of carbonyl (C=O) groups excluding carboxylic acids is 1. The Morgan fingerprint density at radius 2 is 1.93 bits per heavy atom. The molecule has 0 aliphatic heterocycles. The Balaban J connectivity index is 2.00. The molecule has 0 spiro atoms. The zero-order chi connectivity index (χ0) is 19.8. The topological polar surface area (TPSA) is 92.3 Å². The highest BCUT2D eigenvalue weighted by Gasteiger charge is 2.34. The monoisotopic (exact) mass is 369 g/mol. The average molecular weight is 369 g/mol. The van der Waals surface area contributed by atoms with E-state index in [0.29, 0.717) is 18.2 Å². The quantitative estimate of drug-likeness (QED) is 0.633. The molecule has 0 atom stereocenters. The number of nitrogens with zero attached hydrogens (tertiary/aromatic N) is 3. The van der Waals surface area contributed by atoms with Crippen LogP contribution in [0.15, 0.2) is 11.2 Å². The molecule has 2 N–H and O–H groups in total. The standard InChI is InChI=1S/C20H27N5O2/c1-7-27-18(26)17-13(4)16-14(23-17)9-20(5,6)10-15(16)24-25-19-21-11(2)8-12(3)22-19/h8,23H,7,9-10H2,1-6H3,(H,21,22,25)/b24-15+. The molecule has 144 valence electrons. The third kappa shape index (κ3) is 4.02. The number of hydrazone groups is 1. The Kier molecular flexibility index (Phi) is 5.04. The Morgan fingerprint density at radius 3 is 2.56 bits per heavy atom. The zero-order valence-corrected chi connectivity index (χ0v) is 16.9. The molecule has 0 bridgehead atoms. The van der Waals surface area contributed by atoms with E-state index >= 15 is 0 Å². The summed E-state index contributed by atoms with van der Waals surface area (Å²) in [7, 11) is 0. The molecule has 7 nitrogen and oxygen atoms in total. The van der Waals surface area contributed by atoms with E-state index in [9.17, 15) is 4.79 Å². The van der Waals surface area contributed by atoms with Crippen molar-refractivity contribution in [2.24, 2.45) is 10.5 Å². The minimum atomic E-state index is -0.327. The second-order valence-electron chi connectivity index (χ2n) is 7.86. The normalized spacial score (nSPS) is 16.9. The Morgan fingerprint density at radius 1 is 1.26 bits per heavy atom. The SMILES string of the molecule is CCOC(=O)c1[nH]c2c(c1C)/C(=N/Nc1nc(C)cc(C)n1)CC(C)(C)C2. The number of aromatic amines is 1. The fourth-order valence-corrected chi connectivity index (χ4v) is 3.66. The van der Waals surface area contributed by atoms with E-state index in [2.05, 4.69) is 39.3 Å². The van der Waals surface area contributed by atoms with Crippen LogP contribution in [0.4, 0.5) is 5.95 Å². The largest absolute Gasteiger partial charge is 0.461 e. The summed E-state index contributed by atoms with van der Waals surface area (Å²) >= 11 is 0. The van der Waals surface area contributed by atoms with Crippen LogP contribution in [0.3, 0.4) is 0 Å². The van der Waals surface area contributed by atoms with E-state index in [1.54, 1.807) is 6.92 Å². The van der Waals surface area contributed by atoms with E-state index < -0.39 is 0 Å². The van der Waals surface area contributed by atoms with E-state index in [4.69, 9.17) is 4.74 Å². The fraction of sp³-hybridized carbons (Fsp3) is 0.500. The number of esters is 1. The lowest BCUT2D eigenvalue weighted by Gasteiger charge is -2.30. The fourth-order valence-electron chi connectivity index (χ4n) is 3.66. The van der Waals surface area contributed by atoms with Gasteiger partial charge in [0.05, 0.1) is 12.3 Å². The van der Waals surface area contributed by atoms with Gasteiger partial charge in [-0.2, -0.15) is 5.10 Å². The van der Waals surface area contributed by atoms with Crippen molar-refractivity contribution in [3.8, 4) is 0 Å². The predicted octanol–water partition coefficient (Wildman–Crippen LogP) is 3.70. The van der Waals surface area contributed by atoms with E-state index in [1.165, 1.54) is 0 Å². The maximum absolute atomic E-state index is 12.3. The predicted molar refractivity (Wildman–Crippen MR) is 105 cm³/mol. The van der Waals surface area contributed by atoms with Gasteiger partial charge in [0.15, 0.2) is 0 Å². The maximum atomic E-state index is 12.3. The number of aromatic nitrogens is 3. The van der Waals surface area contributed by atoms with Crippen molar-refractivity contribution < 1.29 is 9.53 Å². The minimum absolute atomic E-state index is 0.0279. The van der Waals surface area contributed by atoms with Crippen LogP contribution in [-0.4, -0.2) is 33.2 Å².